The van der Waals surface area contributed by atoms with Crippen LogP contribution in [0.4, 0.5) is 5.82 Å². The molecule has 1 fully saturated rings. The van der Waals surface area contributed by atoms with Crippen molar-refractivity contribution >= 4 is 22.6 Å². The monoisotopic (exact) mass is 389 g/mol. The van der Waals surface area contributed by atoms with Gasteiger partial charge in [0.2, 0.25) is 0 Å². The molecule has 1 unspecified atom stereocenters. The van der Waals surface area contributed by atoms with Gasteiger partial charge in [-0.25, -0.2) is 4.98 Å². The van der Waals surface area contributed by atoms with Gasteiger partial charge in [-0.1, -0.05) is 55.5 Å². The van der Waals surface area contributed by atoms with Crippen LogP contribution in [-0.4, -0.2) is 31.1 Å². The van der Waals surface area contributed by atoms with Crippen molar-refractivity contribution in [2.24, 2.45) is 0 Å². The van der Waals surface area contributed by atoms with Crippen molar-refractivity contribution in [3.05, 3.63) is 65.7 Å². The van der Waals surface area contributed by atoms with Crippen LogP contribution in [0.3, 0.4) is 0 Å². The summed E-state index contributed by atoms with van der Waals surface area (Å²) in [5.41, 5.74) is 2.47. The van der Waals surface area contributed by atoms with E-state index < -0.39 is 0 Å². The first-order chi connectivity index (χ1) is 14.2. The number of ether oxygens (including phenoxy) is 1. The summed E-state index contributed by atoms with van der Waals surface area (Å²) in [5, 5.41) is 4.03. The van der Waals surface area contributed by atoms with Crippen LogP contribution in [0.15, 0.2) is 54.6 Å². The standard InChI is InChI=1S/C24H27N3O2/c1-3-19(17-11-5-4-6-12-17)26-24(28)21-18-13-7-8-14-20(18)25-23(22(21)29-2)27-15-9-10-16-27/h4-8,11-14,19H,3,9-10,15-16H2,1-2H3,(H,26,28). The predicted molar refractivity (Wildman–Crippen MR) is 117 cm³/mol. The lowest BCUT2D eigenvalue weighted by atomic mass is 10.0. The number of fused-ring (bicyclic) bond motifs is 1. The number of aromatic nitrogens is 1. The maximum Gasteiger partial charge on any atom is 0.256 e. The zero-order chi connectivity index (χ0) is 20.2. The van der Waals surface area contributed by atoms with Crippen molar-refractivity contribution in [2.45, 2.75) is 32.2 Å². The average molecular weight is 389 g/mol. The Morgan fingerprint density at radius 1 is 1.10 bits per heavy atom. The van der Waals surface area contributed by atoms with Crippen LogP contribution in [0.2, 0.25) is 0 Å². The van der Waals surface area contributed by atoms with Crippen LogP contribution in [0.5, 0.6) is 5.75 Å². The highest BCUT2D eigenvalue weighted by Gasteiger charge is 2.27. The first-order valence-corrected chi connectivity index (χ1v) is 10.3. The van der Waals surface area contributed by atoms with Crippen LogP contribution in [0.1, 0.15) is 48.1 Å². The van der Waals surface area contributed by atoms with Crippen LogP contribution in [0, 0.1) is 0 Å². The number of hydrogen-bond acceptors (Lipinski definition) is 4. The molecule has 0 saturated carbocycles. The molecule has 4 rings (SSSR count). The zero-order valence-corrected chi connectivity index (χ0v) is 17.0. The summed E-state index contributed by atoms with van der Waals surface area (Å²) in [7, 11) is 1.62. The highest BCUT2D eigenvalue weighted by atomic mass is 16.5. The molecule has 2 aromatic carbocycles. The number of carbonyl (C=O) groups excluding carboxylic acids is 1. The van der Waals surface area contributed by atoms with Crippen LogP contribution in [0.25, 0.3) is 10.9 Å². The van der Waals surface area contributed by atoms with Gasteiger partial charge in [-0.15, -0.1) is 0 Å². The minimum absolute atomic E-state index is 0.0597. The summed E-state index contributed by atoms with van der Waals surface area (Å²) in [6, 6.07) is 17.8. The number of nitrogens with zero attached hydrogens (tertiary/aromatic N) is 2. The van der Waals surface area contributed by atoms with Crippen LogP contribution >= 0.6 is 0 Å². The third kappa shape index (κ3) is 3.77. The Hall–Kier alpha value is -3.08. The minimum atomic E-state index is -0.128. The molecule has 3 aromatic rings. The molecular weight excluding hydrogens is 362 g/mol. The van der Waals surface area contributed by atoms with E-state index in [0.717, 1.165) is 54.6 Å². The molecule has 29 heavy (non-hydrogen) atoms. The zero-order valence-electron chi connectivity index (χ0n) is 17.0. The number of methoxy groups -OCH3 is 1. The Kier molecular flexibility index (Phi) is 5.65. The summed E-state index contributed by atoms with van der Waals surface area (Å²) in [6.07, 6.45) is 3.07. The lowest BCUT2D eigenvalue weighted by Gasteiger charge is -2.24. The normalized spacial score (nSPS) is 14.8. The fourth-order valence-corrected chi connectivity index (χ4v) is 4.08. The number of rotatable bonds is 6. The van der Waals surface area contributed by atoms with E-state index in [1.807, 2.05) is 54.6 Å². The van der Waals surface area contributed by atoms with E-state index in [-0.39, 0.29) is 11.9 Å². The maximum absolute atomic E-state index is 13.5. The van der Waals surface area contributed by atoms with E-state index >= 15 is 0 Å². The van der Waals surface area contributed by atoms with E-state index in [1.54, 1.807) is 7.11 Å². The van der Waals surface area contributed by atoms with Gasteiger partial charge in [0.05, 0.1) is 24.2 Å². The topological polar surface area (TPSA) is 54.5 Å². The molecular formula is C24H27N3O2. The van der Waals surface area contributed by atoms with Crippen LogP contribution < -0.4 is 15.0 Å². The first-order valence-electron chi connectivity index (χ1n) is 10.3. The molecule has 0 aliphatic carbocycles. The average Bonchev–Trinajstić information content (AvgIpc) is 3.31. The molecule has 2 heterocycles. The Morgan fingerprint density at radius 2 is 1.79 bits per heavy atom. The Balaban J connectivity index is 1.79. The fourth-order valence-electron chi connectivity index (χ4n) is 4.08. The van der Waals surface area contributed by atoms with E-state index in [1.165, 1.54) is 0 Å². The molecule has 5 heteroatoms. The van der Waals surface area contributed by atoms with Crippen molar-refractivity contribution < 1.29 is 9.53 Å². The minimum Gasteiger partial charge on any atom is -0.492 e. The summed E-state index contributed by atoms with van der Waals surface area (Å²) in [5.74, 6) is 1.20. The maximum atomic E-state index is 13.5. The van der Waals surface area contributed by atoms with E-state index in [4.69, 9.17) is 9.72 Å². The fraction of sp³-hybridized carbons (Fsp3) is 0.333. The highest BCUT2D eigenvalue weighted by Crippen LogP contribution is 2.37. The molecule has 0 radical (unpaired) electrons. The van der Waals surface area contributed by atoms with Crippen molar-refractivity contribution in [2.75, 3.05) is 25.1 Å². The lowest BCUT2D eigenvalue weighted by Crippen LogP contribution is -2.29. The van der Waals surface area contributed by atoms with Gasteiger partial charge >= 0.3 is 0 Å². The number of pyridine rings is 1. The number of anilines is 1. The highest BCUT2D eigenvalue weighted by molar-refractivity contribution is 6.10. The second kappa shape index (κ2) is 8.52. The van der Waals surface area contributed by atoms with Crippen molar-refractivity contribution in [1.29, 1.82) is 0 Å². The van der Waals surface area contributed by atoms with Crippen molar-refractivity contribution in [3.63, 3.8) is 0 Å². The van der Waals surface area contributed by atoms with Gasteiger partial charge in [0.1, 0.15) is 0 Å². The second-order valence-electron chi connectivity index (χ2n) is 7.40. The van der Waals surface area contributed by atoms with Gasteiger partial charge in [-0.05, 0) is 30.9 Å². The van der Waals surface area contributed by atoms with Crippen molar-refractivity contribution in [1.82, 2.24) is 10.3 Å². The number of para-hydroxylation sites is 1. The molecule has 1 aliphatic heterocycles. The van der Waals surface area contributed by atoms with Crippen LogP contribution in [-0.2, 0) is 0 Å². The van der Waals surface area contributed by atoms with Gasteiger partial charge in [-0.2, -0.15) is 0 Å². The van der Waals surface area contributed by atoms with E-state index in [2.05, 4.69) is 17.1 Å². The molecule has 1 N–H and O–H groups in total. The molecule has 1 atom stereocenters. The van der Waals surface area contributed by atoms with Gasteiger partial charge in [0.25, 0.3) is 5.91 Å². The Bertz CT molecular complexity index is 998. The molecule has 1 aromatic heterocycles. The van der Waals surface area contributed by atoms with Gasteiger partial charge in [0, 0.05) is 18.5 Å². The summed E-state index contributed by atoms with van der Waals surface area (Å²) >= 11 is 0. The lowest BCUT2D eigenvalue weighted by molar-refractivity contribution is 0.0934. The Labute approximate surface area is 171 Å². The first kappa shape index (κ1) is 19.2. The third-order valence-electron chi connectivity index (χ3n) is 5.58. The van der Waals surface area contributed by atoms with E-state index in [0.29, 0.717) is 11.3 Å². The van der Waals surface area contributed by atoms with Gasteiger partial charge < -0.3 is 15.0 Å². The molecule has 0 bridgehead atoms. The predicted octanol–water partition coefficient (Wildman–Crippen LogP) is 4.72. The number of hydrogen-bond donors (Lipinski definition) is 1. The van der Waals surface area contributed by atoms with E-state index in [9.17, 15) is 4.79 Å². The summed E-state index contributed by atoms with van der Waals surface area (Å²) in [6.45, 7) is 3.95. The SMILES string of the molecule is CCC(NC(=O)c1c(OC)c(N2CCCC2)nc2ccccc12)c1ccccc1. The Morgan fingerprint density at radius 3 is 2.48 bits per heavy atom. The van der Waals surface area contributed by atoms with Gasteiger partial charge in [0.15, 0.2) is 11.6 Å². The second-order valence-corrected chi connectivity index (χ2v) is 7.40. The molecule has 1 aliphatic rings. The summed E-state index contributed by atoms with van der Waals surface area (Å²) < 4.78 is 5.77. The van der Waals surface area contributed by atoms with Gasteiger partial charge in [-0.3, -0.25) is 4.79 Å². The third-order valence-corrected chi connectivity index (χ3v) is 5.58. The molecule has 150 valence electrons. The smallest absolute Gasteiger partial charge is 0.256 e. The number of benzene rings is 2. The molecule has 0 spiro atoms. The molecule has 5 nitrogen and oxygen atoms in total. The number of amides is 1. The summed E-state index contributed by atoms with van der Waals surface area (Å²) in [4.78, 5) is 20.6. The quantitative estimate of drug-likeness (QED) is 0.662. The molecule has 1 saturated heterocycles. The number of carbonyl (C=O) groups is 1. The molecule has 1 amide bonds. The van der Waals surface area contributed by atoms with Crippen molar-refractivity contribution in [3.8, 4) is 5.75 Å². The number of nitrogens with one attached hydrogen (secondary N) is 1. The largest absolute Gasteiger partial charge is 0.492 e.